The fourth-order valence-electron chi connectivity index (χ4n) is 3.10. The Morgan fingerprint density at radius 1 is 1.06 bits per heavy atom. The summed E-state index contributed by atoms with van der Waals surface area (Å²) >= 11 is 0. The van der Waals surface area contributed by atoms with Crippen molar-refractivity contribution in [2.45, 2.75) is 31.6 Å². The highest BCUT2D eigenvalue weighted by Crippen LogP contribution is 2.37. The maximum atomic E-state index is 9.51. The van der Waals surface area contributed by atoms with Gasteiger partial charge in [-0.05, 0) is 30.9 Å². The Bertz CT molecular complexity index is 537. The van der Waals surface area contributed by atoms with E-state index in [1.807, 2.05) is 12.1 Å². The Morgan fingerprint density at radius 2 is 1.89 bits per heavy atom. The summed E-state index contributed by atoms with van der Waals surface area (Å²) in [6.07, 6.45) is 4.80. The van der Waals surface area contributed by atoms with Crippen molar-refractivity contribution in [1.29, 1.82) is 0 Å². The number of aromatic nitrogens is 1. The van der Waals surface area contributed by atoms with E-state index in [1.165, 1.54) is 18.2 Å². The number of pyridine rings is 1. The molecule has 3 rings (SSSR count). The molecule has 1 aliphatic rings. The third-order valence-electron chi connectivity index (χ3n) is 4.14. The molecule has 1 aliphatic carbocycles. The summed E-state index contributed by atoms with van der Waals surface area (Å²) in [7, 11) is 0. The Morgan fingerprint density at radius 3 is 2.78 bits per heavy atom. The molecule has 0 spiro atoms. The van der Waals surface area contributed by atoms with Gasteiger partial charge < -0.3 is 5.11 Å². The third kappa shape index (κ3) is 2.13. The summed E-state index contributed by atoms with van der Waals surface area (Å²) < 4.78 is 0. The summed E-state index contributed by atoms with van der Waals surface area (Å²) in [5.74, 6) is 0.834. The molecule has 1 aromatic carbocycles. The lowest BCUT2D eigenvalue weighted by molar-refractivity contribution is 0.168. The lowest BCUT2D eigenvalue weighted by atomic mass is 9.77. The van der Waals surface area contributed by atoms with Gasteiger partial charge in [0.25, 0.3) is 0 Å². The molecule has 94 valence electrons. The molecule has 1 heterocycles. The average molecular weight is 241 g/mol. The van der Waals surface area contributed by atoms with Gasteiger partial charge in [0.05, 0.1) is 5.52 Å². The van der Waals surface area contributed by atoms with Crippen molar-refractivity contribution in [2.75, 3.05) is 6.61 Å². The molecule has 0 unspecified atom stereocenters. The van der Waals surface area contributed by atoms with Crippen molar-refractivity contribution < 1.29 is 5.11 Å². The van der Waals surface area contributed by atoms with Crippen LogP contribution in [0.2, 0.25) is 0 Å². The van der Waals surface area contributed by atoms with Crippen molar-refractivity contribution in [3.05, 3.63) is 42.1 Å². The van der Waals surface area contributed by atoms with Gasteiger partial charge in [-0.1, -0.05) is 37.1 Å². The van der Waals surface area contributed by atoms with Gasteiger partial charge in [0.15, 0.2) is 0 Å². The van der Waals surface area contributed by atoms with Crippen molar-refractivity contribution in [3.8, 4) is 0 Å². The minimum absolute atomic E-state index is 0.291. The molecule has 18 heavy (non-hydrogen) atoms. The molecule has 2 aromatic rings. The van der Waals surface area contributed by atoms with E-state index in [0.29, 0.717) is 18.4 Å². The molecule has 2 atom stereocenters. The van der Waals surface area contributed by atoms with Gasteiger partial charge in [-0.25, -0.2) is 0 Å². The monoisotopic (exact) mass is 241 g/mol. The number of nitrogens with zero attached hydrogens (tertiary/aromatic N) is 1. The number of rotatable bonds is 2. The highest BCUT2D eigenvalue weighted by Gasteiger charge is 2.26. The van der Waals surface area contributed by atoms with Gasteiger partial charge in [-0.3, -0.25) is 4.98 Å². The summed E-state index contributed by atoms with van der Waals surface area (Å²) in [6.45, 7) is 0.291. The predicted molar refractivity (Wildman–Crippen MR) is 73.5 cm³/mol. The first-order valence-electron chi connectivity index (χ1n) is 6.85. The van der Waals surface area contributed by atoms with Crippen molar-refractivity contribution in [2.24, 2.45) is 5.92 Å². The van der Waals surface area contributed by atoms with Gasteiger partial charge in [0, 0.05) is 23.6 Å². The molecule has 1 fully saturated rings. The highest BCUT2D eigenvalue weighted by molar-refractivity contribution is 5.78. The Balaban J connectivity index is 1.97. The maximum Gasteiger partial charge on any atom is 0.0705 e. The van der Waals surface area contributed by atoms with Crippen molar-refractivity contribution in [1.82, 2.24) is 4.98 Å². The first-order chi connectivity index (χ1) is 8.88. The van der Waals surface area contributed by atoms with Crippen LogP contribution in [0.1, 0.15) is 37.3 Å². The molecule has 1 aromatic heterocycles. The fourth-order valence-corrected chi connectivity index (χ4v) is 3.10. The lowest BCUT2D eigenvalue weighted by Crippen LogP contribution is -2.21. The molecule has 0 radical (unpaired) electrons. The quantitative estimate of drug-likeness (QED) is 0.873. The van der Waals surface area contributed by atoms with Gasteiger partial charge in [-0.15, -0.1) is 0 Å². The zero-order valence-electron chi connectivity index (χ0n) is 10.5. The molecule has 2 nitrogen and oxygen atoms in total. The standard InChI is InChI=1S/C16H19NO/c18-11-13-6-1-3-7-14(13)16-10-9-12-5-2-4-8-15(12)17-16/h2,4-5,8-10,13-14,18H,1,3,6-7,11H2/t13-,14+/m1/s1. The van der Waals surface area contributed by atoms with E-state index in [4.69, 9.17) is 4.98 Å². The van der Waals surface area contributed by atoms with Crippen LogP contribution in [0.3, 0.4) is 0 Å². The minimum atomic E-state index is 0.291. The topological polar surface area (TPSA) is 33.1 Å². The number of aliphatic hydroxyl groups excluding tert-OH is 1. The summed E-state index contributed by atoms with van der Waals surface area (Å²) in [6, 6.07) is 12.5. The normalized spacial score (nSPS) is 24.3. The van der Waals surface area contributed by atoms with E-state index in [9.17, 15) is 5.11 Å². The Hall–Kier alpha value is -1.41. The number of hydrogen-bond acceptors (Lipinski definition) is 2. The summed E-state index contributed by atoms with van der Waals surface area (Å²) in [5, 5.41) is 10.7. The van der Waals surface area contributed by atoms with Crippen LogP contribution in [-0.2, 0) is 0 Å². The van der Waals surface area contributed by atoms with Crippen LogP contribution in [0, 0.1) is 5.92 Å². The second-order valence-electron chi connectivity index (χ2n) is 5.26. The number of benzene rings is 1. The first kappa shape index (κ1) is 11.7. The van der Waals surface area contributed by atoms with E-state index in [0.717, 1.165) is 24.1 Å². The second kappa shape index (κ2) is 5.07. The van der Waals surface area contributed by atoms with Crippen LogP contribution in [0.5, 0.6) is 0 Å². The highest BCUT2D eigenvalue weighted by atomic mass is 16.3. The predicted octanol–water partition coefficient (Wildman–Crippen LogP) is 3.50. The largest absolute Gasteiger partial charge is 0.396 e. The average Bonchev–Trinajstić information content (AvgIpc) is 2.46. The number of para-hydroxylation sites is 1. The van der Waals surface area contributed by atoms with Crippen molar-refractivity contribution in [3.63, 3.8) is 0 Å². The van der Waals surface area contributed by atoms with Crippen molar-refractivity contribution >= 4 is 10.9 Å². The van der Waals surface area contributed by atoms with Crippen LogP contribution in [0.15, 0.2) is 36.4 Å². The molecule has 1 N–H and O–H groups in total. The Labute approximate surface area is 108 Å². The zero-order valence-corrected chi connectivity index (χ0v) is 10.5. The van der Waals surface area contributed by atoms with Crippen LogP contribution in [0.4, 0.5) is 0 Å². The smallest absolute Gasteiger partial charge is 0.0705 e. The fraction of sp³-hybridized carbons (Fsp3) is 0.438. The van der Waals surface area contributed by atoms with Gasteiger partial charge >= 0.3 is 0 Å². The first-order valence-corrected chi connectivity index (χ1v) is 6.85. The molecule has 0 aliphatic heterocycles. The molecular formula is C16H19NO. The summed E-state index contributed by atoms with van der Waals surface area (Å²) in [4.78, 5) is 4.79. The second-order valence-corrected chi connectivity index (χ2v) is 5.26. The zero-order chi connectivity index (χ0) is 12.4. The van der Waals surface area contributed by atoms with E-state index in [2.05, 4.69) is 24.3 Å². The molecule has 0 amide bonds. The van der Waals surface area contributed by atoms with Crippen LogP contribution in [0.25, 0.3) is 10.9 Å². The minimum Gasteiger partial charge on any atom is -0.396 e. The molecule has 2 heteroatoms. The van der Waals surface area contributed by atoms with Gasteiger partial charge in [-0.2, -0.15) is 0 Å². The SMILES string of the molecule is OC[C@H]1CCCC[C@@H]1c1ccc2ccccc2n1. The number of fused-ring (bicyclic) bond motifs is 1. The Kier molecular flexibility index (Phi) is 3.28. The molecule has 1 saturated carbocycles. The van der Waals surface area contributed by atoms with Crippen LogP contribution < -0.4 is 0 Å². The van der Waals surface area contributed by atoms with E-state index < -0.39 is 0 Å². The number of hydrogen-bond donors (Lipinski definition) is 1. The summed E-state index contributed by atoms with van der Waals surface area (Å²) in [5.41, 5.74) is 2.23. The molecule has 0 bridgehead atoms. The van der Waals surface area contributed by atoms with E-state index in [1.54, 1.807) is 0 Å². The van der Waals surface area contributed by atoms with Crippen LogP contribution in [-0.4, -0.2) is 16.7 Å². The number of aliphatic hydroxyl groups is 1. The lowest BCUT2D eigenvalue weighted by Gasteiger charge is -2.29. The van der Waals surface area contributed by atoms with E-state index >= 15 is 0 Å². The van der Waals surface area contributed by atoms with Crippen LogP contribution >= 0.6 is 0 Å². The van der Waals surface area contributed by atoms with Gasteiger partial charge in [0.1, 0.15) is 0 Å². The van der Waals surface area contributed by atoms with Gasteiger partial charge in [0.2, 0.25) is 0 Å². The molecular weight excluding hydrogens is 222 g/mol. The molecule has 0 saturated heterocycles. The van der Waals surface area contributed by atoms with E-state index in [-0.39, 0.29) is 0 Å². The maximum absolute atomic E-state index is 9.51. The third-order valence-corrected chi connectivity index (χ3v) is 4.14.